The summed E-state index contributed by atoms with van der Waals surface area (Å²) in [6.45, 7) is 1.95. The number of aromatic nitrogens is 1. The van der Waals surface area contributed by atoms with Crippen molar-refractivity contribution in [3.63, 3.8) is 0 Å². The maximum atomic E-state index is 13.5. The van der Waals surface area contributed by atoms with Crippen molar-refractivity contribution in [3.8, 4) is 0 Å². The highest BCUT2D eigenvalue weighted by atomic mass is 35.5. The van der Waals surface area contributed by atoms with Gasteiger partial charge in [-0.2, -0.15) is 0 Å². The Hall–Kier alpha value is -3.02. The van der Waals surface area contributed by atoms with Crippen LogP contribution in [0, 0.1) is 6.92 Å². The normalized spacial score (nSPS) is 16.5. The first-order chi connectivity index (χ1) is 15.9. The van der Waals surface area contributed by atoms with E-state index in [1.807, 2.05) is 55.5 Å². The van der Waals surface area contributed by atoms with E-state index < -0.39 is 10.0 Å². The summed E-state index contributed by atoms with van der Waals surface area (Å²) in [6, 6.07) is 22.9. The average molecular weight is 477 g/mol. The zero-order valence-electron chi connectivity index (χ0n) is 18.5. The van der Waals surface area contributed by atoms with Crippen LogP contribution >= 0.6 is 11.6 Å². The number of aromatic amines is 1. The summed E-state index contributed by atoms with van der Waals surface area (Å²) in [5, 5.41) is 1.82. The summed E-state index contributed by atoms with van der Waals surface area (Å²) in [7, 11) is -2.02. The molecule has 1 heterocycles. The number of halogens is 1. The second-order valence-corrected chi connectivity index (χ2v) is 10.9. The van der Waals surface area contributed by atoms with E-state index in [0.717, 1.165) is 34.3 Å². The van der Waals surface area contributed by atoms with Crippen LogP contribution in [-0.2, 0) is 10.0 Å². The molecule has 0 unspecified atom stereocenters. The van der Waals surface area contributed by atoms with Crippen molar-refractivity contribution in [3.05, 3.63) is 106 Å². The lowest BCUT2D eigenvalue weighted by atomic mass is 9.88. The first kappa shape index (κ1) is 21.8. The van der Waals surface area contributed by atoms with E-state index in [9.17, 15) is 8.42 Å². The third-order valence-corrected chi connectivity index (χ3v) is 8.60. The number of nitrogens with one attached hydrogen (secondary N) is 1. The molecular formula is C27H25ClN2O2S. The molecule has 6 heteroatoms. The number of hydrogen-bond donors (Lipinski definition) is 1. The van der Waals surface area contributed by atoms with Crippen molar-refractivity contribution in [1.29, 1.82) is 0 Å². The Labute approximate surface area is 199 Å². The van der Waals surface area contributed by atoms with Gasteiger partial charge in [0.1, 0.15) is 0 Å². The molecular weight excluding hydrogens is 452 g/mol. The second kappa shape index (κ2) is 8.40. The van der Waals surface area contributed by atoms with E-state index >= 15 is 0 Å². The molecule has 0 aliphatic heterocycles. The van der Waals surface area contributed by atoms with Gasteiger partial charge in [0, 0.05) is 40.8 Å². The third-order valence-electron chi connectivity index (χ3n) is 6.54. The molecule has 4 nitrogen and oxygen atoms in total. The van der Waals surface area contributed by atoms with Crippen molar-refractivity contribution in [1.82, 2.24) is 9.29 Å². The number of sulfonamides is 1. The van der Waals surface area contributed by atoms with Crippen LogP contribution in [0.4, 0.5) is 0 Å². The van der Waals surface area contributed by atoms with Gasteiger partial charge >= 0.3 is 0 Å². The summed E-state index contributed by atoms with van der Waals surface area (Å²) in [5.74, 6) is 0.0768. The number of aryl methyl sites for hydroxylation is 1. The lowest BCUT2D eigenvalue weighted by Gasteiger charge is -2.24. The van der Waals surface area contributed by atoms with E-state index in [1.54, 1.807) is 19.2 Å². The van der Waals surface area contributed by atoms with Gasteiger partial charge in [0.2, 0.25) is 0 Å². The molecule has 3 aromatic carbocycles. The van der Waals surface area contributed by atoms with Gasteiger partial charge in [0.05, 0.1) is 4.90 Å². The standard InChI is InChI=1S/C27H25ClN2O2S/c1-18-7-13-21(14-8-18)33(31,32)30(2)26-16-15-23(27(26)19-9-11-20(28)12-10-19)24-17-29-25-6-4-3-5-22(24)25/h3-14,17,23,29H,15-16H2,1-2H3/t23-/m1/s1. The van der Waals surface area contributed by atoms with Crippen molar-refractivity contribution < 1.29 is 8.42 Å². The molecule has 0 fully saturated rings. The molecule has 0 bridgehead atoms. The van der Waals surface area contributed by atoms with E-state index in [1.165, 1.54) is 15.3 Å². The number of para-hydroxylation sites is 1. The Morgan fingerprint density at radius 1 is 0.970 bits per heavy atom. The molecule has 0 saturated carbocycles. The van der Waals surface area contributed by atoms with Gasteiger partial charge in [-0.1, -0.05) is 59.6 Å². The number of allylic oxidation sites excluding steroid dienone is 2. The molecule has 1 N–H and O–H groups in total. The van der Waals surface area contributed by atoms with E-state index in [-0.39, 0.29) is 5.92 Å². The van der Waals surface area contributed by atoms with Gasteiger partial charge in [0.25, 0.3) is 10.0 Å². The largest absolute Gasteiger partial charge is 0.361 e. The minimum Gasteiger partial charge on any atom is -0.361 e. The van der Waals surface area contributed by atoms with Crippen LogP contribution in [0.2, 0.25) is 5.02 Å². The Morgan fingerprint density at radius 2 is 1.67 bits per heavy atom. The average Bonchev–Trinajstić information content (AvgIpc) is 3.43. The number of hydrogen-bond acceptors (Lipinski definition) is 2. The summed E-state index contributed by atoms with van der Waals surface area (Å²) >= 11 is 6.17. The highest BCUT2D eigenvalue weighted by Gasteiger charge is 2.35. The quantitative estimate of drug-likeness (QED) is 0.346. The predicted octanol–water partition coefficient (Wildman–Crippen LogP) is 6.74. The fourth-order valence-corrected chi connectivity index (χ4v) is 6.19. The van der Waals surface area contributed by atoms with Crippen molar-refractivity contribution in [2.45, 2.75) is 30.6 Å². The monoisotopic (exact) mass is 476 g/mol. The van der Waals surface area contributed by atoms with Crippen LogP contribution < -0.4 is 0 Å². The molecule has 168 valence electrons. The van der Waals surface area contributed by atoms with Gasteiger partial charge in [-0.15, -0.1) is 0 Å². The zero-order valence-corrected chi connectivity index (χ0v) is 20.1. The molecule has 1 aliphatic carbocycles. The Kier molecular flexibility index (Phi) is 5.55. The zero-order chi connectivity index (χ0) is 23.2. The minimum absolute atomic E-state index is 0.0768. The summed E-state index contributed by atoms with van der Waals surface area (Å²) in [5.41, 5.74) is 6.15. The smallest absolute Gasteiger partial charge is 0.263 e. The molecule has 4 aromatic rings. The van der Waals surface area contributed by atoms with Crippen molar-refractivity contribution in [2.24, 2.45) is 0 Å². The molecule has 1 aromatic heterocycles. The second-order valence-electron chi connectivity index (χ2n) is 8.53. The number of fused-ring (bicyclic) bond motifs is 1. The highest BCUT2D eigenvalue weighted by Crippen LogP contribution is 2.48. The fourth-order valence-electron chi connectivity index (χ4n) is 4.79. The molecule has 0 amide bonds. The van der Waals surface area contributed by atoms with Crippen LogP contribution in [0.5, 0.6) is 0 Å². The van der Waals surface area contributed by atoms with E-state index in [4.69, 9.17) is 11.6 Å². The number of H-pyrrole nitrogens is 1. The lowest BCUT2D eigenvalue weighted by Crippen LogP contribution is -2.26. The van der Waals surface area contributed by atoms with Crippen LogP contribution in [0.1, 0.15) is 35.4 Å². The number of rotatable bonds is 5. The predicted molar refractivity (Wildman–Crippen MR) is 135 cm³/mol. The van der Waals surface area contributed by atoms with Crippen LogP contribution in [0.3, 0.4) is 0 Å². The number of nitrogens with zero attached hydrogens (tertiary/aromatic N) is 1. The first-order valence-electron chi connectivity index (χ1n) is 11.0. The third kappa shape index (κ3) is 3.85. The topological polar surface area (TPSA) is 53.2 Å². The van der Waals surface area contributed by atoms with Crippen LogP contribution in [-0.4, -0.2) is 24.8 Å². The van der Waals surface area contributed by atoms with Gasteiger partial charge < -0.3 is 4.98 Å². The van der Waals surface area contributed by atoms with Crippen LogP contribution in [0.15, 0.2) is 89.6 Å². The van der Waals surface area contributed by atoms with E-state index in [2.05, 4.69) is 23.3 Å². The molecule has 33 heavy (non-hydrogen) atoms. The Balaban J connectivity index is 1.66. The SMILES string of the molecule is Cc1ccc(S(=O)(=O)N(C)C2=C(c3ccc(Cl)cc3)[C@@H](c3c[nH]c4ccccc34)CC2)cc1. The fraction of sp³-hybridized carbons (Fsp3) is 0.185. The Morgan fingerprint density at radius 3 is 2.39 bits per heavy atom. The lowest BCUT2D eigenvalue weighted by molar-refractivity contribution is 0.517. The number of benzene rings is 3. The molecule has 0 saturated heterocycles. The summed E-state index contributed by atoms with van der Waals surface area (Å²) in [4.78, 5) is 3.68. The summed E-state index contributed by atoms with van der Waals surface area (Å²) in [6.07, 6.45) is 3.56. The van der Waals surface area contributed by atoms with Crippen molar-refractivity contribution >= 4 is 38.1 Å². The molecule has 0 spiro atoms. The molecule has 1 atom stereocenters. The molecule has 5 rings (SSSR count). The van der Waals surface area contributed by atoms with Gasteiger partial charge in [0.15, 0.2) is 0 Å². The van der Waals surface area contributed by atoms with Crippen LogP contribution in [0.25, 0.3) is 16.5 Å². The minimum atomic E-state index is -3.68. The van der Waals surface area contributed by atoms with Crippen molar-refractivity contribution in [2.75, 3.05) is 7.05 Å². The van der Waals surface area contributed by atoms with Gasteiger partial charge in [-0.25, -0.2) is 8.42 Å². The van der Waals surface area contributed by atoms with E-state index in [0.29, 0.717) is 16.3 Å². The first-order valence-corrected chi connectivity index (χ1v) is 12.8. The van der Waals surface area contributed by atoms with Gasteiger partial charge in [-0.3, -0.25) is 4.31 Å². The maximum Gasteiger partial charge on any atom is 0.263 e. The summed E-state index contributed by atoms with van der Waals surface area (Å²) < 4.78 is 28.5. The Bertz CT molecular complexity index is 1450. The highest BCUT2D eigenvalue weighted by molar-refractivity contribution is 7.89. The van der Waals surface area contributed by atoms with Gasteiger partial charge in [-0.05, 0) is 66.8 Å². The molecule has 0 radical (unpaired) electrons. The molecule has 1 aliphatic rings. The maximum absolute atomic E-state index is 13.5.